The average Bonchev–Trinajstić information content (AvgIpc) is 3.13. The fourth-order valence-corrected chi connectivity index (χ4v) is 2.94. The molecule has 0 radical (unpaired) electrons. The van der Waals surface area contributed by atoms with Crippen LogP contribution < -0.4 is 10.6 Å². The van der Waals surface area contributed by atoms with Crippen molar-refractivity contribution >= 4 is 18.3 Å². The van der Waals surface area contributed by atoms with Crippen molar-refractivity contribution in [3.05, 3.63) is 29.8 Å². The van der Waals surface area contributed by atoms with E-state index in [9.17, 15) is 9.59 Å². The van der Waals surface area contributed by atoms with Crippen molar-refractivity contribution in [2.75, 3.05) is 44.8 Å². The molecule has 0 aliphatic carbocycles. The van der Waals surface area contributed by atoms with Crippen LogP contribution in [0.2, 0.25) is 0 Å². The minimum atomic E-state index is -0.445. The molecule has 2 rings (SSSR count). The molecule has 1 aromatic rings. The van der Waals surface area contributed by atoms with Crippen LogP contribution in [0.1, 0.15) is 12.0 Å². The minimum absolute atomic E-state index is 0.343. The highest BCUT2D eigenvalue weighted by molar-refractivity contribution is 5.58. The Morgan fingerprint density at radius 2 is 2.04 bits per heavy atom. The number of ether oxygens (including phenoxy) is 1. The van der Waals surface area contributed by atoms with Crippen molar-refractivity contribution in [2.24, 2.45) is 5.73 Å². The molecule has 2 atom stereocenters. The lowest BCUT2D eigenvalue weighted by Gasteiger charge is -2.29. The Kier molecular flexibility index (Phi) is 7.36. The molecule has 2 N–H and O–H groups in total. The highest BCUT2D eigenvalue weighted by atomic mass is 16.5. The van der Waals surface area contributed by atoms with E-state index >= 15 is 0 Å². The quantitative estimate of drug-likeness (QED) is 0.628. The van der Waals surface area contributed by atoms with Crippen molar-refractivity contribution in [2.45, 2.75) is 24.9 Å². The zero-order valence-electron chi connectivity index (χ0n) is 14.3. The summed E-state index contributed by atoms with van der Waals surface area (Å²) in [4.78, 5) is 25.9. The van der Waals surface area contributed by atoms with Gasteiger partial charge in [0.25, 0.3) is 0 Å². The monoisotopic (exact) mass is 333 g/mol. The van der Waals surface area contributed by atoms with Crippen LogP contribution in [0, 0.1) is 0 Å². The van der Waals surface area contributed by atoms with E-state index in [1.165, 1.54) is 0 Å². The maximum atomic E-state index is 10.9. The molecule has 1 aromatic carbocycles. The summed E-state index contributed by atoms with van der Waals surface area (Å²) in [6.07, 6.45) is 3.28. The first-order chi connectivity index (χ1) is 11.6. The van der Waals surface area contributed by atoms with Gasteiger partial charge in [0.15, 0.2) is 0 Å². The smallest absolute Gasteiger partial charge is 0.137 e. The first-order valence-electron chi connectivity index (χ1n) is 8.40. The summed E-state index contributed by atoms with van der Waals surface area (Å²) >= 11 is 0. The van der Waals surface area contributed by atoms with E-state index in [4.69, 9.17) is 10.5 Å². The highest BCUT2D eigenvalue weighted by Crippen LogP contribution is 2.16. The van der Waals surface area contributed by atoms with Gasteiger partial charge >= 0.3 is 0 Å². The van der Waals surface area contributed by atoms with Crippen LogP contribution in [0.25, 0.3) is 0 Å². The van der Waals surface area contributed by atoms with Gasteiger partial charge in [0.1, 0.15) is 12.6 Å². The average molecular weight is 333 g/mol. The van der Waals surface area contributed by atoms with Crippen molar-refractivity contribution < 1.29 is 14.3 Å². The Hall–Kier alpha value is -1.76. The fourth-order valence-electron chi connectivity index (χ4n) is 2.94. The Morgan fingerprint density at radius 1 is 1.29 bits per heavy atom. The summed E-state index contributed by atoms with van der Waals surface area (Å²) in [5.74, 6) is 0. The van der Waals surface area contributed by atoms with Gasteiger partial charge in [0, 0.05) is 38.5 Å². The molecule has 6 heteroatoms. The summed E-state index contributed by atoms with van der Waals surface area (Å²) in [7, 11) is 2.04. The molecule has 0 saturated carbocycles. The Labute approximate surface area is 143 Å². The Morgan fingerprint density at radius 3 is 2.62 bits per heavy atom. The molecule has 1 heterocycles. The minimum Gasteiger partial charge on any atom is -0.380 e. The second kappa shape index (κ2) is 9.52. The van der Waals surface area contributed by atoms with Crippen LogP contribution in [-0.4, -0.2) is 69.5 Å². The van der Waals surface area contributed by atoms with Crippen molar-refractivity contribution in [1.29, 1.82) is 0 Å². The number of carbonyl (C=O) groups excluding carboxylic acids is 2. The number of benzene rings is 1. The van der Waals surface area contributed by atoms with Crippen molar-refractivity contribution in [3.8, 4) is 0 Å². The number of carbonyl (C=O) groups is 2. The van der Waals surface area contributed by atoms with Gasteiger partial charge in [-0.05, 0) is 30.5 Å². The lowest BCUT2D eigenvalue weighted by Crippen LogP contribution is -2.41. The van der Waals surface area contributed by atoms with Crippen LogP contribution in [0.3, 0.4) is 0 Å². The number of nitrogens with zero attached hydrogens (tertiary/aromatic N) is 2. The van der Waals surface area contributed by atoms with E-state index in [0.29, 0.717) is 25.6 Å². The second-order valence-corrected chi connectivity index (χ2v) is 6.27. The standard InChI is InChI=1S/C18H27N3O3/c1-20(7-8-21(9-10-22)18-6-11-24-14-18)17-4-2-15(3-5-17)12-16(19)13-23/h2-5,10,13,16,18H,6-9,11-12,14,19H2,1H3. The Bertz CT molecular complexity index is 515. The summed E-state index contributed by atoms with van der Waals surface area (Å²) in [6, 6.07) is 7.98. The predicted molar refractivity (Wildman–Crippen MR) is 94.3 cm³/mol. The van der Waals surface area contributed by atoms with E-state index in [2.05, 4.69) is 9.80 Å². The largest absolute Gasteiger partial charge is 0.380 e. The summed E-state index contributed by atoms with van der Waals surface area (Å²) in [6.45, 7) is 3.59. The van der Waals surface area contributed by atoms with Crippen molar-refractivity contribution in [1.82, 2.24) is 4.90 Å². The number of hydrogen-bond acceptors (Lipinski definition) is 6. The molecule has 0 bridgehead atoms. The predicted octanol–water partition coefficient (Wildman–Crippen LogP) is 0.481. The SMILES string of the molecule is CN(CCN(CC=O)C1CCOC1)c1ccc(CC(N)C=O)cc1. The Balaban J connectivity index is 1.87. The van der Waals surface area contributed by atoms with E-state index in [1.807, 2.05) is 31.3 Å². The van der Waals surface area contributed by atoms with E-state index < -0.39 is 6.04 Å². The molecule has 132 valence electrons. The lowest BCUT2D eigenvalue weighted by molar-refractivity contribution is -0.109. The van der Waals surface area contributed by atoms with Gasteiger partial charge < -0.3 is 25.0 Å². The second-order valence-electron chi connectivity index (χ2n) is 6.27. The molecular formula is C18H27N3O3. The van der Waals surface area contributed by atoms with Gasteiger partial charge in [-0.1, -0.05) is 12.1 Å². The maximum absolute atomic E-state index is 10.9. The number of hydrogen-bond donors (Lipinski definition) is 1. The molecule has 1 aliphatic rings. The molecule has 0 aromatic heterocycles. The first-order valence-corrected chi connectivity index (χ1v) is 8.40. The number of aldehydes is 2. The van der Waals surface area contributed by atoms with Gasteiger partial charge in [-0.25, -0.2) is 0 Å². The van der Waals surface area contributed by atoms with Crippen LogP contribution in [0.5, 0.6) is 0 Å². The molecule has 6 nitrogen and oxygen atoms in total. The first kappa shape index (κ1) is 18.6. The summed E-state index contributed by atoms with van der Waals surface area (Å²) < 4.78 is 5.42. The maximum Gasteiger partial charge on any atom is 0.137 e. The van der Waals surface area contributed by atoms with Crippen molar-refractivity contribution in [3.63, 3.8) is 0 Å². The van der Waals surface area contributed by atoms with Gasteiger partial charge in [-0.2, -0.15) is 0 Å². The molecule has 1 aliphatic heterocycles. The third-order valence-corrected chi connectivity index (χ3v) is 4.48. The highest BCUT2D eigenvalue weighted by Gasteiger charge is 2.22. The molecule has 0 amide bonds. The van der Waals surface area contributed by atoms with Crippen LogP contribution >= 0.6 is 0 Å². The molecular weight excluding hydrogens is 306 g/mol. The number of rotatable bonds is 10. The molecule has 2 unspecified atom stereocenters. The fraction of sp³-hybridized carbons (Fsp3) is 0.556. The molecule has 0 spiro atoms. The van der Waals surface area contributed by atoms with E-state index in [1.54, 1.807) is 0 Å². The number of anilines is 1. The normalized spacial score (nSPS) is 18.5. The van der Waals surface area contributed by atoms with Crippen LogP contribution in [0.15, 0.2) is 24.3 Å². The molecule has 1 fully saturated rings. The lowest BCUT2D eigenvalue weighted by atomic mass is 10.1. The van der Waals surface area contributed by atoms with Gasteiger partial charge in [-0.3, -0.25) is 4.90 Å². The number of nitrogens with two attached hydrogens (primary N) is 1. The zero-order chi connectivity index (χ0) is 17.4. The van der Waals surface area contributed by atoms with Gasteiger partial charge in [0.05, 0.1) is 19.2 Å². The summed E-state index contributed by atoms with van der Waals surface area (Å²) in [5, 5.41) is 0. The van der Waals surface area contributed by atoms with Crippen LogP contribution in [0.4, 0.5) is 5.69 Å². The van der Waals surface area contributed by atoms with Gasteiger partial charge in [0.2, 0.25) is 0 Å². The third-order valence-electron chi connectivity index (χ3n) is 4.48. The van der Waals surface area contributed by atoms with E-state index in [-0.39, 0.29) is 0 Å². The molecule has 24 heavy (non-hydrogen) atoms. The summed E-state index contributed by atoms with van der Waals surface area (Å²) in [5.41, 5.74) is 7.81. The zero-order valence-corrected chi connectivity index (χ0v) is 14.3. The van der Waals surface area contributed by atoms with Crippen LogP contribution in [-0.2, 0) is 20.7 Å². The third kappa shape index (κ3) is 5.40. The van der Waals surface area contributed by atoms with Gasteiger partial charge in [-0.15, -0.1) is 0 Å². The molecule has 1 saturated heterocycles. The van der Waals surface area contributed by atoms with E-state index in [0.717, 1.165) is 49.9 Å². The topological polar surface area (TPSA) is 75.9 Å². The number of likely N-dealkylation sites (N-methyl/N-ethyl adjacent to an activating group) is 1.